The molecule has 2 aromatic heterocycles. The van der Waals surface area contributed by atoms with Gasteiger partial charge in [0.1, 0.15) is 0 Å². The Labute approximate surface area is 137 Å². The second-order valence-corrected chi connectivity index (χ2v) is 7.11. The summed E-state index contributed by atoms with van der Waals surface area (Å²) in [6.45, 7) is 0.590. The lowest BCUT2D eigenvalue weighted by Gasteiger charge is -2.23. The maximum Gasteiger partial charge on any atom is 0.251 e. The molecule has 0 saturated heterocycles. The van der Waals surface area contributed by atoms with Crippen LogP contribution in [-0.2, 0) is 0 Å². The lowest BCUT2D eigenvalue weighted by atomic mass is 10.2. The molecular formula is C16H17N3OS2. The first-order valence-corrected chi connectivity index (χ1v) is 8.72. The summed E-state index contributed by atoms with van der Waals surface area (Å²) < 4.78 is 1.04. The highest BCUT2D eigenvalue weighted by atomic mass is 32.1. The van der Waals surface area contributed by atoms with Crippen molar-refractivity contribution in [1.29, 1.82) is 0 Å². The van der Waals surface area contributed by atoms with Crippen LogP contribution in [0.15, 0.2) is 41.2 Å². The Hall–Kier alpha value is -1.76. The number of thiophene rings is 1. The van der Waals surface area contributed by atoms with E-state index in [1.807, 2.05) is 38.4 Å². The Morgan fingerprint density at radius 2 is 2.18 bits per heavy atom. The van der Waals surface area contributed by atoms with Gasteiger partial charge in [-0.25, -0.2) is 4.98 Å². The number of nitrogens with one attached hydrogen (secondary N) is 1. The van der Waals surface area contributed by atoms with E-state index in [1.165, 1.54) is 4.88 Å². The number of carbonyl (C=O) groups excluding carboxylic acids is 1. The fraction of sp³-hybridized carbons (Fsp3) is 0.250. The molecule has 0 aliphatic carbocycles. The zero-order chi connectivity index (χ0) is 15.5. The molecule has 1 aromatic carbocycles. The molecule has 6 heteroatoms. The van der Waals surface area contributed by atoms with Crippen molar-refractivity contribution in [2.24, 2.45) is 0 Å². The van der Waals surface area contributed by atoms with E-state index in [-0.39, 0.29) is 11.9 Å². The van der Waals surface area contributed by atoms with Crippen LogP contribution >= 0.6 is 22.7 Å². The lowest BCUT2D eigenvalue weighted by molar-refractivity contribution is 0.0942. The zero-order valence-electron chi connectivity index (χ0n) is 12.4. The third-order valence-corrected chi connectivity index (χ3v) is 5.31. The van der Waals surface area contributed by atoms with Crippen molar-refractivity contribution in [2.75, 3.05) is 20.6 Å². The predicted molar refractivity (Wildman–Crippen MR) is 92.7 cm³/mol. The molecule has 1 N–H and O–H groups in total. The zero-order valence-corrected chi connectivity index (χ0v) is 14.1. The van der Waals surface area contributed by atoms with E-state index in [0.717, 1.165) is 10.2 Å². The van der Waals surface area contributed by atoms with Crippen molar-refractivity contribution in [3.05, 3.63) is 51.7 Å². The van der Waals surface area contributed by atoms with Crippen LogP contribution in [0, 0.1) is 0 Å². The molecule has 0 radical (unpaired) electrons. The van der Waals surface area contributed by atoms with Gasteiger partial charge < -0.3 is 10.2 Å². The first kappa shape index (κ1) is 15.1. The Kier molecular flexibility index (Phi) is 4.52. The molecule has 1 unspecified atom stereocenters. The summed E-state index contributed by atoms with van der Waals surface area (Å²) in [5.41, 5.74) is 3.41. The highest BCUT2D eigenvalue weighted by molar-refractivity contribution is 7.16. The highest BCUT2D eigenvalue weighted by Gasteiger charge is 2.17. The number of nitrogens with zero attached hydrogens (tertiary/aromatic N) is 2. The van der Waals surface area contributed by atoms with Gasteiger partial charge in [0.25, 0.3) is 5.91 Å². The molecular weight excluding hydrogens is 314 g/mol. The number of aromatic nitrogens is 1. The van der Waals surface area contributed by atoms with Crippen LogP contribution in [0.5, 0.6) is 0 Å². The number of hydrogen-bond acceptors (Lipinski definition) is 5. The third kappa shape index (κ3) is 3.19. The molecule has 4 nitrogen and oxygen atoms in total. The number of fused-ring (bicyclic) bond motifs is 1. The normalized spacial score (nSPS) is 12.7. The molecule has 3 rings (SSSR count). The molecule has 0 aliphatic rings. The van der Waals surface area contributed by atoms with Crippen molar-refractivity contribution < 1.29 is 4.79 Å². The van der Waals surface area contributed by atoms with Gasteiger partial charge in [0.15, 0.2) is 0 Å². The minimum Gasteiger partial charge on any atom is -0.350 e. The topological polar surface area (TPSA) is 45.2 Å². The maximum absolute atomic E-state index is 12.4. The van der Waals surface area contributed by atoms with Crippen LogP contribution in [0.1, 0.15) is 21.3 Å². The molecule has 114 valence electrons. The summed E-state index contributed by atoms with van der Waals surface area (Å²) in [6, 6.07) is 9.95. The van der Waals surface area contributed by atoms with Crippen molar-refractivity contribution in [2.45, 2.75) is 6.04 Å². The van der Waals surface area contributed by atoms with Gasteiger partial charge in [0, 0.05) is 17.0 Å². The van der Waals surface area contributed by atoms with Crippen LogP contribution < -0.4 is 5.32 Å². The van der Waals surface area contributed by atoms with E-state index in [4.69, 9.17) is 0 Å². The largest absolute Gasteiger partial charge is 0.350 e. The van der Waals surface area contributed by atoms with E-state index in [0.29, 0.717) is 12.1 Å². The molecule has 0 saturated carbocycles. The summed E-state index contributed by atoms with van der Waals surface area (Å²) >= 11 is 3.26. The molecule has 0 spiro atoms. The maximum atomic E-state index is 12.4. The minimum atomic E-state index is -0.0429. The Balaban J connectivity index is 1.70. The first-order chi connectivity index (χ1) is 10.6. The van der Waals surface area contributed by atoms with Crippen LogP contribution in [0.25, 0.3) is 10.2 Å². The fourth-order valence-corrected chi connectivity index (χ4v) is 3.95. The second-order valence-electron chi connectivity index (χ2n) is 5.24. The predicted octanol–water partition coefficient (Wildman–Crippen LogP) is 3.39. The minimum absolute atomic E-state index is 0.0429. The van der Waals surface area contributed by atoms with Gasteiger partial charge >= 0.3 is 0 Å². The van der Waals surface area contributed by atoms with Crippen LogP contribution in [0.4, 0.5) is 0 Å². The van der Waals surface area contributed by atoms with Gasteiger partial charge in [-0.2, -0.15) is 0 Å². The monoisotopic (exact) mass is 331 g/mol. The van der Waals surface area contributed by atoms with E-state index < -0.39 is 0 Å². The Bertz CT molecular complexity index is 765. The number of hydrogen-bond donors (Lipinski definition) is 1. The summed E-state index contributed by atoms with van der Waals surface area (Å²) in [6.07, 6.45) is 0. The SMILES string of the molecule is CN(C)C(CNC(=O)c1ccc2ncsc2c1)c1cccs1. The van der Waals surface area contributed by atoms with Gasteiger partial charge in [-0.15, -0.1) is 22.7 Å². The smallest absolute Gasteiger partial charge is 0.251 e. The van der Waals surface area contributed by atoms with Gasteiger partial charge in [-0.05, 0) is 43.7 Å². The fourth-order valence-electron chi connectivity index (χ4n) is 2.31. The van der Waals surface area contributed by atoms with Gasteiger partial charge in [0.2, 0.25) is 0 Å². The summed E-state index contributed by atoms with van der Waals surface area (Å²) in [5, 5.41) is 5.10. The number of likely N-dealkylation sites (N-methyl/N-ethyl adjacent to an activating group) is 1. The van der Waals surface area contributed by atoms with E-state index in [2.05, 4.69) is 26.6 Å². The van der Waals surface area contributed by atoms with Gasteiger partial charge in [-0.1, -0.05) is 6.07 Å². The number of amides is 1. The van der Waals surface area contributed by atoms with Gasteiger partial charge in [0.05, 0.1) is 21.8 Å². The summed E-state index contributed by atoms with van der Waals surface area (Å²) in [7, 11) is 4.06. The van der Waals surface area contributed by atoms with Crippen molar-refractivity contribution >= 4 is 38.8 Å². The van der Waals surface area contributed by atoms with Crippen molar-refractivity contribution in [3.63, 3.8) is 0 Å². The standard InChI is InChI=1S/C16H17N3OS2/c1-19(2)13(14-4-3-7-21-14)9-17-16(20)11-5-6-12-15(8-11)22-10-18-12/h3-8,10,13H,9H2,1-2H3,(H,17,20). The molecule has 3 aromatic rings. The Morgan fingerprint density at radius 1 is 1.32 bits per heavy atom. The molecule has 22 heavy (non-hydrogen) atoms. The highest BCUT2D eigenvalue weighted by Crippen LogP contribution is 2.23. The van der Waals surface area contributed by atoms with Crippen molar-refractivity contribution in [3.8, 4) is 0 Å². The number of thiazole rings is 1. The molecule has 1 amide bonds. The molecule has 2 heterocycles. The molecule has 0 aliphatic heterocycles. The Morgan fingerprint density at radius 3 is 2.91 bits per heavy atom. The van der Waals surface area contributed by atoms with Crippen molar-refractivity contribution in [1.82, 2.24) is 15.2 Å². The van der Waals surface area contributed by atoms with Gasteiger partial charge in [-0.3, -0.25) is 4.79 Å². The number of carbonyl (C=O) groups is 1. The number of rotatable bonds is 5. The molecule has 1 atom stereocenters. The first-order valence-electron chi connectivity index (χ1n) is 6.96. The van der Waals surface area contributed by atoms with Crippen LogP contribution in [-0.4, -0.2) is 36.4 Å². The average molecular weight is 331 g/mol. The summed E-state index contributed by atoms with van der Waals surface area (Å²) in [5.74, 6) is -0.0429. The van der Waals surface area contributed by atoms with E-state index in [1.54, 1.807) is 28.2 Å². The van der Waals surface area contributed by atoms with Crippen LogP contribution in [0.3, 0.4) is 0 Å². The summed E-state index contributed by atoms with van der Waals surface area (Å²) in [4.78, 5) is 20.0. The second kappa shape index (κ2) is 6.56. The third-order valence-electron chi connectivity index (χ3n) is 3.54. The lowest BCUT2D eigenvalue weighted by Crippen LogP contribution is -2.34. The van der Waals surface area contributed by atoms with E-state index >= 15 is 0 Å². The quantitative estimate of drug-likeness (QED) is 0.779. The van der Waals surface area contributed by atoms with E-state index in [9.17, 15) is 4.79 Å². The molecule has 0 bridgehead atoms. The average Bonchev–Trinajstić information content (AvgIpc) is 3.17. The molecule has 0 fully saturated rings. The number of benzene rings is 1. The van der Waals surface area contributed by atoms with Crippen LogP contribution in [0.2, 0.25) is 0 Å².